The molecule has 0 radical (unpaired) electrons. The van der Waals surface area contributed by atoms with Gasteiger partial charge in [-0.3, -0.25) is 9.59 Å². The van der Waals surface area contributed by atoms with Crippen LogP contribution in [0.25, 0.3) is 10.8 Å². The molecule has 0 aliphatic carbocycles. The third-order valence-electron chi connectivity index (χ3n) is 4.18. The van der Waals surface area contributed by atoms with Crippen LogP contribution in [0.2, 0.25) is 0 Å². The van der Waals surface area contributed by atoms with Gasteiger partial charge in [0.25, 0.3) is 11.8 Å². The fraction of sp³-hybridized carbons (Fsp3) is 0.100. The van der Waals surface area contributed by atoms with Gasteiger partial charge in [-0.2, -0.15) is 0 Å². The summed E-state index contributed by atoms with van der Waals surface area (Å²) in [5.41, 5.74) is 1.72. The number of amides is 2. The van der Waals surface area contributed by atoms with Crippen molar-refractivity contribution in [3.8, 4) is 5.75 Å². The zero-order valence-electron chi connectivity index (χ0n) is 13.6. The number of carbonyl (C=O) groups is 2. The second-order valence-corrected chi connectivity index (χ2v) is 5.98. The van der Waals surface area contributed by atoms with E-state index >= 15 is 0 Å². The van der Waals surface area contributed by atoms with Gasteiger partial charge < -0.3 is 15.4 Å². The predicted molar refractivity (Wildman–Crippen MR) is 97.1 cm³/mol. The lowest BCUT2D eigenvalue weighted by Crippen LogP contribution is -2.34. The van der Waals surface area contributed by atoms with Gasteiger partial charge in [-0.15, -0.1) is 0 Å². The van der Waals surface area contributed by atoms with E-state index in [1.54, 1.807) is 31.2 Å². The van der Waals surface area contributed by atoms with Crippen LogP contribution in [-0.2, 0) is 4.79 Å². The van der Waals surface area contributed by atoms with Crippen molar-refractivity contribution in [3.63, 3.8) is 0 Å². The molecule has 0 fully saturated rings. The minimum atomic E-state index is -0.523. The van der Waals surface area contributed by atoms with E-state index in [-0.39, 0.29) is 11.8 Å². The molecule has 1 unspecified atom stereocenters. The fourth-order valence-electron chi connectivity index (χ4n) is 2.82. The fourth-order valence-corrected chi connectivity index (χ4v) is 2.82. The average molecular weight is 332 g/mol. The van der Waals surface area contributed by atoms with Gasteiger partial charge in [0.2, 0.25) is 0 Å². The van der Waals surface area contributed by atoms with Crippen LogP contribution in [0.3, 0.4) is 0 Å². The summed E-state index contributed by atoms with van der Waals surface area (Å²) in [6.07, 6.45) is -0.523. The average Bonchev–Trinajstić information content (AvgIpc) is 2.62. The first-order chi connectivity index (χ1) is 12.1. The molecule has 0 saturated heterocycles. The molecule has 5 heteroatoms. The summed E-state index contributed by atoms with van der Waals surface area (Å²) in [7, 11) is 0. The van der Waals surface area contributed by atoms with Gasteiger partial charge in [-0.25, -0.2) is 0 Å². The molecule has 25 heavy (non-hydrogen) atoms. The van der Waals surface area contributed by atoms with Crippen molar-refractivity contribution in [1.82, 2.24) is 0 Å². The molecule has 1 heterocycles. The Hall–Kier alpha value is -3.34. The van der Waals surface area contributed by atoms with E-state index in [4.69, 9.17) is 4.74 Å². The van der Waals surface area contributed by atoms with Crippen LogP contribution in [0.4, 0.5) is 11.4 Å². The van der Waals surface area contributed by atoms with E-state index in [1.165, 1.54) is 0 Å². The van der Waals surface area contributed by atoms with Gasteiger partial charge in [0.15, 0.2) is 6.10 Å². The topological polar surface area (TPSA) is 67.4 Å². The minimum Gasteiger partial charge on any atom is -0.479 e. The summed E-state index contributed by atoms with van der Waals surface area (Å²) in [5, 5.41) is 7.72. The maximum Gasteiger partial charge on any atom is 0.265 e. The van der Waals surface area contributed by atoms with Gasteiger partial charge in [0, 0.05) is 11.3 Å². The number of hydrogen-bond acceptors (Lipinski definition) is 3. The van der Waals surface area contributed by atoms with Gasteiger partial charge in [-0.05, 0) is 48.0 Å². The third-order valence-corrected chi connectivity index (χ3v) is 4.18. The van der Waals surface area contributed by atoms with Crippen molar-refractivity contribution in [1.29, 1.82) is 0 Å². The van der Waals surface area contributed by atoms with Crippen molar-refractivity contribution in [2.45, 2.75) is 13.0 Å². The summed E-state index contributed by atoms with van der Waals surface area (Å²) in [4.78, 5) is 24.2. The Labute approximate surface area is 144 Å². The van der Waals surface area contributed by atoms with Crippen LogP contribution in [0.1, 0.15) is 17.3 Å². The molecule has 0 bridgehead atoms. The second kappa shape index (κ2) is 5.94. The Morgan fingerprint density at radius 3 is 2.68 bits per heavy atom. The largest absolute Gasteiger partial charge is 0.479 e. The molecule has 5 nitrogen and oxygen atoms in total. The first-order valence-electron chi connectivity index (χ1n) is 8.02. The first-order valence-corrected chi connectivity index (χ1v) is 8.02. The van der Waals surface area contributed by atoms with Gasteiger partial charge in [-0.1, -0.05) is 30.3 Å². The van der Waals surface area contributed by atoms with Crippen molar-refractivity contribution >= 4 is 34.0 Å². The number of anilines is 2. The Kier molecular flexibility index (Phi) is 3.61. The number of ether oxygens (including phenoxy) is 1. The van der Waals surface area contributed by atoms with Crippen molar-refractivity contribution < 1.29 is 14.3 Å². The molecule has 0 spiro atoms. The van der Waals surface area contributed by atoms with Crippen molar-refractivity contribution in [2.75, 3.05) is 10.6 Å². The third kappa shape index (κ3) is 2.92. The Bertz CT molecular complexity index is 997. The zero-order valence-corrected chi connectivity index (χ0v) is 13.6. The summed E-state index contributed by atoms with van der Waals surface area (Å²) < 4.78 is 5.51. The van der Waals surface area contributed by atoms with E-state index in [1.807, 2.05) is 36.4 Å². The van der Waals surface area contributed by atoms with Crippen LogP contribution in [-0.4, -0.2) is 17.9 Å². The number of hydrogen-bond donors (Lipinski definition) is 2. The van der Waals surface area contributed by atoms with E-state index in [0.717, 1.165) is 10.8 Å². The smallest absolute Gasteiger partial charge is 0.265 e. The highest BCUT2D eigenvalue weighted by molar-refractivity contribution is 6.07. The van der Waals surface area contributed by atoms with Crippen LogP contribution in [0.5, 0.6) is 5.75 Å². The Morgan fingerprint density at radius 1 is 1.04 bits per heavy atom. The van der Waals surface area contributed by atoms with Crippen LogP contribution < -0.4 is 15.4 Å². The highest BCUT2D eigenvalue weighted by atomic mass is 16.5. The molecule has 2 amide bonds. The summed E-state index contributed by atoms with van der Waals surface area (Å²) in [5.74, 6) is 0.184. The molecule has 1 aliphatic rings. The van der Waals surface area contributed by atoms with Crippen LogP contribution in [0, 0.1) is 0 Å². The minimum absolute atomic E-state index is 0.203. The normalized spacial score (nSPS) is 15.9. The summed E-state index contributed by atoms with van der Waals surface area (Å²) in [6.45, 7) is 1.69. The van der Waals surface area contributed by atoms with E-state index in [2.05, 4.69) is 10.6 Å². The number of rotatable bonds is 2. The maximum absolute atomic E-state index is 12.5. The zero-order chi connectivity index (χ0) is 17.4. The quantitative estimate of drug-likeness (QED) is 0.750. The molecule has 0 aromatic heterocycles. The van der Waals surface area contributed by atoms with E-state index in [0.29, 0.717) is 22.7 Å². The molecule has 124 valence electrons. The molecule has 1 atom stereocenters. The number of nitrogens with one attached hydrogen (secondary N) is 2. The Morgan fingerprint density at radius 2 is 1.84 bits per heavy atom. The lowest BCUT2D eigenvalue weighted by Gasteiger charge is -2.23. The molecule has 0 saturated carbocycles. The predicted octanol–water partition coefficient (Wildman–Crippen LogP) is 3.81. The Balaban J connectivity index is 1.58. The lowest BCUT2D eigenvalue weighted by atomic mass is 10.1. The second-order valence-electron chi connectivity index (χ2n) is 5.98. The molecule has 3 aromatic carbocycles. The van der Waals surface area contributed by atoms with Crippen LogP contribution in [0.15, 0.2) is 60.7 Å². The van der Waals surface area contributed by atoms with E-state index in [9.17, 15) is 9.59 Å². The van der Waals surface area contributed by atoms with Crippen molar-refractivity contribution in [2.24, 2.45) is 0 Å². The van der Waals surface area contributed by atoms with Crippen molar-refractivity contribution in [3.05, 3.63) is 66.2 Å². The SMILES string of the molecule is CC1Oc2ccc(NC(=O)c3ccc4ccccc4c3)cc2NC1=O. The maximum atomic E-state index is 12.5. The summed E-state index contributed by atoms with van der Waals surface area (Å²) >= 11 is 0. The standard InChI is InChI=1S/C20H16N2O3/c1-12-19(23)22-17-11-16(8-9-18(17)25-12)21-20(24)15-7-6-13-4-2-3-5-14(13)10-15/h2-12H,1H3,(H,21,24)(H,22,23). The van der Waals surface area contributed by atoms with E-state index < -0.39 is 6.10 Å². The monoisotopic (exact) mass is 332 g/mol. The molecule has 4 rings (SSSR count). The van der Waals surface area contributed by atoms with Gasteiger partial charge in [0.05, 0.1) is 5.69 Å². The molecular formula is C20H16N2O3. The number of benzene rings is 3. The molecule has 1 aliphatic heterocycles. The van der Waals surface area contributed by atoms with Crippen LogP contribution >= 0.6 is 0 Å². The first kappa shape index (κ1) is 15.2. The van der Waals surface area contributed by atoms with Gasteiger partial charge >= 0.3 is 0 Å². The highest BCUT2D eigenvalue weighted by Crippen LogP contribution is 2.32. The van der Waals surface area contributed by atoms with Gasteiger partial charge in [0.1, 0.15) is 5.75 Å². The highest BCUT2D eigenvalue weighted by Gasteiger charge is 2.23. The lowest BCUT2D eigenvalue weighted by molar-refractivity contribution is -0.122. The number of carbonyl (C=O) groups excluding carboxylic acids is 2. The molecular weight excluding hydrogens is 316 g/mol. The summed E-state index contributed by atoms with van der Waals surface area (Å²) in [6, 6.07) is 18.6. The molecule has 3 aromatic rings. The number of fused-ring (bicyclic) bond motifs is 2. The molecule has 2 N–H and O–H groups in total.